The van der Waals surface area contributed by atoms with Gasteiger partial charge in [-0.2, -0.15) is 10.5 Å². The minimum atomic E-state index is -0.388. The first kappa shape index (κ1) is 17.8. The highest BCUT2D eigenvalue weighted by molar-refractivity contribution is 7.99. The largest absolute Gasteiger partial charge is 0.477 e. The van der Waals surface area contributed by atoms with Gasteiger partial charge in [0.2, 0.25) is 5.91 Å². The number of H-pyrrole nitrogens is 1. The SMILES string of the molecule is O=C(CSc1nc(-c2cccnc2)n[nH]1)NNCOc1cccc(F)c1. The molecule has 0 aliphatic rings. The Morgan fingerprint density at radius 2 is 2.23 bits per heavy atom. The second kappa shape index (κ2) is 8.92. The lowest BCUT2D eigenvalue weighted by atomic mass is 10.3. The molecule has 0 aliphatic heterocycles. The third kappa shape index (κ3) is 5.26. The highest BCUT2D eigenvalue weighted by Crippen LogP contribution is 2.17. The molecule has 134 valence electrons. The number of halogens is 1. The van der Waals surface area contributed by atoms with Crippen molar-refractivity contribution < 1.29 is 13.9 Å². The summed E-state index contributed by atoms with van der Waals surface area (Å²) in [5.74, 6) is 0.361. The van der Waals surface area contributed by atoms with E-state index in [9.17, 15) is 9.18 Å². The van der Waals surface area contributed by atoms with Crippen LogP contribution in [0, 0.1) is 5.82 Å². The summed E-state index contributed by atoms with van der Waals surface area (Å²) in [5.41, 5.74) is 5.87. The molecule has 0 spiro atoms. The fourth-order valence-corrected chi connectivity index (χ4v) is 2.52. The number of hydrogen-bond donors (Lipinski definition) is 3. The number of aromatic nitrogens is 4. The van der Waals surface area contributed by atoms with Crippen LogP contribution in [-0.4, -0.2) is 38.6 Å². The maximum absolute atomic E-state index is 13.0. The van der Waals surface area contributed by atoms with Crippen LogP contribution >= 0.6 is 11.8 Å². The molecule has 10 heteroatoms. The first-order valence-electron chi connectivity index (χ1n) is 7.56. The van der Waals surface area contributed by atoms with Crippen LogP contribution in [0.25, 0.3) is 11.4 Å². The number of rotatable bonds is 8. The minimum Gasteiger partial charge on any atom is -0.477 e. The Balaban J connectivity index is 1.37. The van der Waals surface area contributed by atoms with Gasteiger partial charge in [-0.3, -0.25) is 20.3 Å². The Kier molecular flexibility index (Phi) is 6.12. The van der Waals surface area contributed by atoms with Gasteiger partial charge < -0.3 is 4.74 Å². The number of pyridine rings is 1. The predicted molar refractivity (Wildman–Crippen MR) is 93.5 cm³/mol. The number of thioether (sulfide) groups is 1. The molecule has 0 bridgehead atoms. The summed E-state index contributed by atoms with van der Waals surface area (Å²) < 4.78 is 18.2. The number of hydrazine groups is 1. The van der Waals surface area contributed by atoms with Crippen LogP contribution in [0.1, 0.15) is 0 Å². The first-order valence-corrected chi connectivity index (χ1v) is 8.55. The molecule has 3 aromatic rings. The summed E-state index contributed by atoms with van der Waals surface area (Å²) in [7, 11) is 0. The van der Waals surface area contributed by atoms with Gasteiger partial charge in [-0.05, 0) is 24.3 Å². The van der Waals surface area contributed by atoms with E-state index in [-0.39, 0.29) is 24.2 Å². The van der Waals surface area contributed by atoms with Crippen LogP contribution in [0.4, 0.5) is 4.39 Å². The molecule has 8 nitrogen and oxygen atoms in total. The summed E-state index contributed by atoms with van der Waals surface area (Å²) in [6.07, 6.45) is 3.33. The number of ether oxygens (including phenoxy) is 1. The van der Waals surface area contributed by atoms with Crippen LogP contribution in [0.2, 0.25) is 0 Å². The van der Waals surface area contributed by atoms with Crippen molar-refractivity contribution in [1.82, 2.24) is 31.0 Å². The number of benzene rings is 1. The summed E-state index contributed by atoms with van der Waals surface area (Å²) in [4.78, 5) is 20.1. The number of hydrogen-bond acceptors (Lipinski definition) is 7. The molecule has 2 heterocycles. The number of carbonyl (C=O) groups excluding carboxylic acids is 1. The molecule has 3 rings (SSSR count). The third-order valence-corrected chi connectivity index (χ3v) is 3.92. The van der Waals surface area contributed by atoms with Crippen molar-refractivity contribution in [2.45, 2.75) is 5.16 Å². The predicted octanol–water partition coefficient (Wildman–Crippen LogP) is 1.76. The van der Waals surface area contributed by atoms with Crippen LogP contribution in [0.3, 0.4) is 0 Å². The highest BCUT2D eigenvalue weighted by atomic mass is 32.2. The Morgan fingerprint density at radius 1 is 1.31 bits per heavy atom. The summed E-state index contributed by atoms with van der Waals surface area (Å²) in [6, 6.07) is 9.37. The Hall–Kier alpha value is -2.98. The topological polar surface area (TPSA) is 105 Å². The molecule has 1 aromatic carbocycles. The summed E-state index contributed by atoms with van der Waals surface area (Å²) in [6.45, 7) is 0.00726. The molecule has 1 amide bonds. The van der Waals surface area contributed by atoms with Gasteiger partial charge in [0.25, 0.3) is 0 Å². The Labute approximate surface area is 152 Å². The van der Waals surface area contributed by atoms with Crippen LogP contribution in [0.15, 0.2) is 53.9 Å². The molecule has 0 saturated carbocycles. The van der Waals surface area contributed by atoms with E-state index in [1.54, 1.807) is 24.5 Å². The lowest BCUT2D eigenvalue weighted by Crippen LogP contribution is -2.40. The van der Waals surface area contributed by atoms with Crippen LogP contribution < -0.4 is 15.6 Å². The van der Waals surface area contributed by atoms with Gasteiger partial charge in [-0.1, -0.05) is 17.8 Å². The van der Waals surface area contributed by atoms with Gasteiger partial charge in [-0.25, -0.2) is 9.37 Å². The van der Waals surface area contributed by atoms with E-state index >= 15 is 0 Å². The van der Waals surface area contributed by atoms with Gasteiger partial charge in [0.05, 0.1) is 5.75 Å². The molecular weight excluding hydrogens is 359 g/mol. The van der Waals surface area contributed by atoms with E-state index in [2.05, 4.69) is 31.0 Å². The molecule has 26 heavy (non-hydrogen) atoms. The molecule has 0 atom stereocenters. The maximum Gasteiger partial charge on any atom is 0.244 e. The van der Waals surface area contributed by atoms with Gasteiger partial charge in [0.1, 0.15) is 11.6 Å². The average molecular weight is 374 g/mol. The highest BCUT2D eigenvalue weighted by Gasteiger charge is 2.08. The summed E-state index contributed by atoms with van der Waals surface area (Å²) in [5, 5.41) is 7.38. The van der Waals surface area contributed by atoms with Crippen molar-refractivity contribution in [3.63, 3.8) is 0 Å². The summed E-state index contributed by atoms with van der Waals surface area (Å²) >= 11 is 1.21. The molecule has 0 unspecified atom stereocenters. The van der Waals surface area contributed by atoms with E-state index in [0.717, 1.165) is 5.56 Å². The molecule has 0 saturated heterocycles. The third-order valence-electron chi connectivity index (χ3n) is 3.06. The van der Waals surface area contributed by atoms with Crippen molar-refractivity contribution in [2.24, 2.45) is 0 Å². The molecule has 0 aliphatic carbocycles. The number of carbonyl (C=O) groups is 1. The van der Waals surface area contributed by atoms with Crippen molar-refractivity contribution in [2.75, 3.05) is 12.5 Å². The number of nitrogens with one attached hydrogen (secondary N) is 3. The van der Waals surface area contributed by atoms with E-state index in [1.807, 2.05) is 6.07 Å². The van der Waals surface area contributed by atoms with Gasteiger partial charge in [-0.15, -0.1) is 0 Å². The molecular formula is C16H15FN6O2S. The Bertz CT molecular complexity index is 861. The zero-order valence-corrected chi connectivity index (χ0v) is 14.3. The van der Waals surface area contributed by atoms with E-state index < -0.39 is 0 Å². The zero-order chi connectivity index (χ0) is 18.2. The second-order valence-electron chi connectivity index (χ2n) is 4.97. The Morgan fingerprint density at radius 3 is 3.04 bits per heavy atom. The molecule has 2 aromatic heterocycles. The number of nitrogens with zero attached hydrogens (tertiary/aromatic N) is 3. The monoisotopic (exact) mass is 374 g/mol. The van der Waals surface area contributed by atoms with Crippen molar-refractivity contribution in [3.05, 3.63) is 54.6 Å². The van der Waals surface area contributed by atoms with Crippen molar-refractivity contribution in [1.29, 1.82) is 0 Å². The smallest absolute Gasteiger partial charge is 0.244 e. The van der Waals surface area contributed by atoms with Crippen LogP contribution in [-0.2, 0) is 4.79 Å². The van der Waals surface area contributed by atoms with E-state index in [1.165, 1.54) is 30.0 Å². The normalized spacial score (nSPS) is 10.5. The van der Waals surface area contributed by atoms with E-state index in [4.69, 9.17) is 4.74 Å². The number of amides is 1. The zero-order valence-electron chi connectivity index (χ0n) is 13.5. The molecule has 0 fully saturated rings. The van der Waals surface area contributed by atoms with Crippen molar-refractivity contribution >= 4 is 17.7 Å². The van der Waals surface area contributed by atoms with E-state index in [0.29, 0.717) is 16.7 Å². The second-order valence-corrected chi connectivity index (χ2v) is 5.93. The fourth-order valence-electron chi connectivity index (χ4n) is 1.92. The van der Waals surface area contributed by atoms with Gasteiger partial charge in [0, 0.05) is 24.0 Å². The van der Waals surface area contributed by atoms with Gasteiger partial charge in [0.15, 0.2) is 17.7 Å². The fraction of sp³-hybridized carbons (Fsp3) is 0.125. The van der Waals surface area contributed by atoms with Gasteiger partial charge >= 0.3 is 0 Å². The standard InChI is InChI=1S/C16H15FN6O2S/c17-12-4-1-5-13(7-12)25-10-19-21-14(24)9-26-16-20-15(22-23-16)11-3-2-6-18-8-11/h1-8,19H,9-10H2,(H,21,24)(H,20,22,23). The quantitative estimate of drug-likeness (QED) is 0.239. The molecule has 0 radical (unpaired) electrons. The van der Waals surface area contributed by atoms with Crippen molar-refractivity contribution in [3.8, 4) is 17.1 Å². The number of aromatic amines is 1. The lowest BCUT2D eigenvalue weighted by molar-refractivity contribution is -0.119. The molecule has 3 N–H and O–H groups in total. The lowest BCUT2D eigenvalue weighted by Gasteiger charge is -2.08. The average Bonchev–Trinajstić information content (AvgIpc) is 3.13. The maximum atomic E-state index is 13.0. The first-order chi connectivity index (χ1) is 12.7. The van der Waals surface area contributed by atoms with Crippen LogP contribution in [0.5, 0.6) is 5.75 Å². The minimum absolute atomic E-state index is 0.00726.